The smallest absolute Gasteiger partial charge is 0.341 e. The topological polar surface area (TPSA) is 46.5 Å². The summed E-state index contributed by atoms with van der Waals surface area (Å²) < 4.78 is 5.70. The van der Waals surface area contributed by atoms with Gasteiger partial charge in [0.1, 0.15) is 17.1 Å². The van der Waals surface area contributed by atoms with E-state index in [4.69, 9.17) is 16.3 Å². The van der Waals surface area contributed by atoms with E-state index in [2.05, 4.69) is 0 Å². The summed E-state index contributed by atoms with van der Waals surface area (Å²) >= 11 is 5.90. The molecule has 3 nitrogen and oxygen atoms in total. The Morgan fingerprint density at radius 1 is 1.11 bits per heavy atom. The molecule has 0 aromatic heterocycles. The van der Waals surface area contributed by atoms with Gasteiger partial charge in [-0.3, -0.25) is 0 Å². The van der Waals surface area contributed by atoms with Crippen molar-refractivity contribution in [1.82, 2.24) is 0 Å². The van der Waals surface area contributed by atoms with E-state index in [1.165, 1.54) is 6.07 Å². The fourth-order valence-electron chi connectivity index (χ4n) is 1.75. The summed E-state index contributed by atoms with van der Waals surface area (Å²) in [5.74, 6) is -0.232. The first-order chi connectivity index (χ1) is 9.00. The number of hydrogen-bond acceptors (Lipinski definition) is 2. The summed E-state index contributed by atoms with van der Waals surface area (Å²) in [7, 11) is 0. The molecule has 0 heterocycles. The molecule has 0 saturated carbocycles. The van der Waals surface area contributed by atoms with Crippen LogP contribution in [0, 0.1) is 13.8 Å². The SMILES string of the molecule is Cc1cccc(Oc2cccc(Cl)c2C(=O)O)c1C. The largest absolute Gasteiger partial charge is 0.478 e. The molecule has 0 spiro atoms. The highest BCUT2D eigenvalue weighted by atomic mass is 35.5. The molecule has 0 aliphatic rings. The molecule has 0 unspecified atom stereocenters. The van der Waals surface area contributed by atoms with Crippen LogP contribution >= 0.6 is 11.6 Å². The lowest BCUT2D eigenvalue weighted by molar-refractivity contribution is 0.0694. The van der Waals surface area contributed by atoms with Gasteiger partial charge in [0, 0.05) is 0 Å². The minimum absolute atomic E-state index is 0.0231. The Bertz CT molecular complexity index is 635. The Balaban J connectivity index is 2.47. The predicted octanol–water partition coefficient (Wildman–Crippen LogP) is 4.45. The number of carboxylic acids is 1. The average molecular weight is 277 g/mol. The summed E-state index contributed by atoms with van der Waals surface area (Å²) in [6.45, 7) is 3.90. The molecule has 2 rings (SSSR count). The molecule has 2 aromatic rings. The third-order valence-electron chi connectivity index (χ3n) is 2.96. The van der Waals surface area contributed by atoms with Crippen molar-refractivity contribution in [1.29, 1.82) is 0 Å². The summed E-state index contributed by atoms with van der Waals surface area (Å²) in [5.41, 5.74) is 2.03. The second kappa shape index (κ2) is 5.33. The number of rotatable bonds is 3. The molecule has 0 amide bonds. The van der Waals surface area contributed by atoms with E-state index in [9.17, 15) is 9.90 Å². The van der Waals surface area contributed by atoms with E-state index in [1.807, 2.05) is 26.0 Å². The lowest BCUT2D eigenvalue weighted by Gasteiger charge is -2.13. The van der Waals surface area contributed by atoms with E-state index >= 15 is 0 Å². The number of carboxylic acid groups (broad SMARTS) is 1. The fourth-order valence-corrected chi connectivity index (χ4v) is 2.00. The van der Waals surface area contributed by atoms with Crippen LogP contribution in [0.3, 0.4) is 0 Å². The van der Waals surface area contributed by atoms with Gasteiger partial charge >= 0.3 is 5.97 Å². The van der Waals surface area contributed by atoms with Gasteiger partial charge in [-0.15, -0.1) is 0 Å². The maximum atomic E-state index is 11.2. The first kappa shape index (κ1) is 13.4. The van der Waals surface area contributed by atoms with Crippen molar-refractivity contribution in [2.24, 2.45) is 0 Å². The van der Waals surface area contributed by atoms with Crippen molar-refractivity contribution in [3.63, 3.8) is 0 Å². The number of ether oxygens (including phenoxy) is 1. The van der Waals surface area contributed by atoms with Gasteiger partial charge in [-0.1, -0.05) is 29.8 Å². The van der Waals surface area contributed by atoms with Gasteiger partial charge in [-0.05, 0) is 43.2 Å². The van der Waals surface area contributed by atoms with Crippen molar-refractivity contribution in [2.45, 2.75) is 13.8 Å². The van der Waals surface area contributed by atoms with Crippen LogP contribution in [0.5, 0.6) is 11.5 Å². The van der Waals surface area contributed by atoms with E-state index in [1.54, 1.807) is 18.2 Å². The summed E-state index contributed by atoms with van der Waals surface area (Å²) in [5, 5.41) is 9.35. The quantitative estimate of drug-likeness (QED) is 0.901. The van der Waals surface area contributed by atoms with Crippen LogP contribution in [0.25, 0.3) is 0 Å². The summed E-state index contributed by atoms with van der Waals surface area (Å²) in [6, 6.07) is 10.4. The van der Waals surface area contributed by atoms with Crippen molar-refractivity contribution < 1.29 is 14.6 Å². The van der Waals surface area contributed by atoms with Crippen molar-refractivity contribution in [2.75, 3.05) is 0 Å². The molecule has 0 fully saturated rings. The first-order valence-corrected chi connectivity index (χ1v) is 6.14. The van der Waals surface area contributed by atoms with Crippen LogP contribution in [-0.2, 0) is 0 Å². The fraction of sp³-hybridized carbons (Fsp3) is 0.133. The highest BCUT2D eigenvalue weighted by molar-refractivity contribution is 6.33. The summed E-state index contributed by atoms with van der Waals surface area (Å²) in [6.07, 6.45) is 0. The maximum absolute atomic E-state index is 11.2. The molecular formula is C15H13ClO3. The molecule has 2 aromatic carbocycles. The zero-order chi connectivity index (χ0) is 14.0. The van der Waals surface area contributed by atoms with E-state index < -0.39 is 5.97 Å². The van der Waals surface area contributed by atoms with Crippen molar-refractivity contribution in [3.8, 4) is 11.5 Å². The third kappa shape index (κ3) is 2.71. The van der Waals surface area contributed by atoms with E-state index in [-0.39, 0.29) is 16.3 Å². The monoisotopic (exact) mass is 276 g/mol. The normalized spacial score (nSPS) is 10.3. The van der Waals surface area contributed by atoms with Crippen molar-refractivity contribution >= 4 is 17.6 Å². The first-order valence-electron chi connectivity index (χ1n) is 5.76. The molecule has 0 aliphatic carbocycles. The molecule has 98 valence electrons. The lowest BCUT2D eigenvalue weighted by atomic mass is 10.1. The van der Waals surface area contributed by atoms with Gasteiger partial charge in [0.25, 0.3) is 0 Å². The van der Waals surface area contributed by atoms with Crippen LogP contribution in [0.1, 0.15) is 21.5 Å². The zero-order valence-corrected chi connectivity index (χ0v) is 11.4. The third-order valence-corrected chi connectivity index (χ3v) is 3.28. The number of aromatic carboxylic acids is 1. The van der Waals surface area contributed by atoms with Gasteiger partial charge in [0.05, 0.1) is 5.02 Å². The number of halogens is 1. The highest BCUT2D eigenvalue weighted by Gasteiger charge is 2.16. The standard InChI is InChI=1S/C15H13ClO3/c1-9-5-3-7-12(10(9)2)19-13-8-4-6-11(16)14(13)15(17)18/h3-8H,1-2H3,(H,17,18). The molecule has 19 heavy (non-hydrogen) atoms. The van der Waals surface area contributed by atoms with Gasteiger partial charge in [0.2, 0.25) is 0 Å². The van der Waals surface area contributed by atoms with Crippen LogP contribution in [-0.4, -0.2) is 11.1 Å². The van der Waals surface area contributed by atoms with Crippen LogP contribution in [0.2, 0.25) is 5.02 Å². The summed E-state index contributed by atoms with van der Waals surface area (Å²) in [4.78, 5) is 11.2. The molecular weight excluding hydrogens is 264 g/mol. The molecule has 0 saturated heterocycles. The van der Waals surface area contributed by atoms with Gasteiger partial charge in [-0.25, -0.2) is 4.79 Å². The van der Waals surface area contributed by atoms with Gasteiger partial charge < -0.3 is 9.84 Å². The number of hydrogen-bond donors (Lipinski definition) is 1. The second-order valence-electron chi connectivity index (χ2n) is 4.22. The Kier molecular flexibility index (Phi) is 3.76. The van der Waals surface area contributed by atoms with Crippen LogP contribution in [0.15, 0.2) is 36.4 Å². The second-order valence-corrected chi connectivity index (χ2v) is 4.63. The van der Waals surface area contributed by atoms with Gasteiger partial charge in [0.15, 0.2) is 0 Å². The number of aryl methyl sites for hydroxylation is 1. The minimum atomic E-state index is -1.11. The van der Waals surface area contributed by atoms with E-state index in [0.29, 0.717) is 5.75 Å². The molecule has 0 atom stereocenters. The Morgan fingerprint density at radius 2 is 1.74 bits per heavy atom. The van der Waals surface area contributed by atoms with E-state index in [0.717, 1.165) is 11.1 Å². The minimum Gasteiger partial charge on any atom is -0.478 e. The van der Waals surface area contributed by atoms with Crippen LogP contribution in [0.4, 0.5) is 0 Å². The lowest BCUT2D eigenvalue weighted by Crippen LogP contribution is -2.01. The Morgan fingerprint density at radius 3 is 2.42 bits per heavy atom. The van der Waals surface area contributed by atoms with Gasteiger partial charge in [-0.2, -0.15) is 0 Å². The average Bonchev–Trinajstić information content (AvgIpc) is 2.34. The zero-order valence-electron chi connectivity index (χ0n) is 10.6. The molecule has 0 radical (unpaired) electrons. The molecule has 1 N–H and O–H groups in total. The molecule has 0 bridgehead atoms. The molecule has 4 heteroatoms. The predicted molar refractivity (Wildman–Crippen MR) is 74.4 cm³/mol. The van der Waals surface area contributed by atoms with Crippen LogP contribution < -0.4 is 4.74 Å². The highest BCUT2D eigenvalue weighted by Crippen LogP contribution is 2.32. The Hall–Kier alpha value is -2.00. The molecule has 0 aliphatic heterocycles. The Labute approximate surface area is 116 Å². The van der Waals surface area contributed by atoms with Crippen molar-refractivity contribution in [3.05, 3.63) is 58.1 Å². The number of carbonyl (C=O) groups is 1. The number of benzene rings is 2. The maximum Gasteiger partial charge on any atom is 0.341 e.